The smallest absolute Gasteiger partial charge is 0.209 e. The van der Waals surface area contributed by atoms with Crippen molar-refractivity contribution in [3.05, 3.63) is 29.2 Å². The van der Waals surface area contributed by atoms with Gasteiger partial charge in [0.1, 0.15) is 16.5 Å². The van der Waals surface area contributed by atoms with Gasteiger partial charge >= 0.3 is 0 Å². The maximum atomic E-state index is 10.8. The van der Waals surface area contributed by atoms with Crippen molar-refractivity contribution in [2.75, 3.05) is 26.2 Å². The molecule has 3 heterocycles. The molecule has 5 nitrogen and oxygen atoms in total. The highest BCUT2D eigenvalue weighted by Gasteiger charge is 2.16. The molecule has 20 heavy (non-hydrogen) atoms. The third-order valence-corrected chi connectivity index (χ3v) is 3.90. The molecule has 0 unspecified atom stereocenters. The second-order valence-corrected chi connectivity index (χ2v) is 5.36. The number of hydrogen-bond acceptors (Lipinski definition) is 4. The molecule has 2 aromatic heterocycles. The zero-order chi connectivity index (χ0) is 13.9. The van der Waals surface area contributed by atoms with Crippen molar-refractivity contribution in [2.24, 2.45) is 0 Å². The Labute approximate surface area is 122 Å². The van der Waals surface area contributed by atoms with Crippen molar-refractivity contribution in [1.82, 2.24) is 14.8 Å². The molecule has 1 amide bonds. The second-order valence-electron chi connectivity index (χ2n) is 5.00. The van der Waals surface area contributed by atoms with Gasteiger partial charge in [-0.15, -0.1) is 0 Å². The van der Waals surface area contributed by atoms with Gasteiger partial charge in [-0.2, -0.15) is 0 Å². The topological polar surface area (TPSA) is 49.6 Å². The van der Waals surface area contributed by atoms with Gasteiger partial charge in [-0.3, -0.25) is 9.69 Å². The highest BCUT2D eigenvalue weighted by atomic mass is 35.5. The number of aromatic nitrogens is 1. The largest absolute Gasteiger partial charge is 0.460 e. The standard InChI is InChI=1S/C14H16ClN3O2/c15-14-12-8-11(20-13(12)2-3-16-14)9-17-4-1-5-18(10-19)7-6-17/h2-3,8,10H,1,4-7,9H2. The minimum atomic E-state index is 0.473. The molecule has 3 rings (SSSR count). The van der Waals surface area contributed by atoms with Gasteiger partial charge in [0.2, 0.25) is 6.41 Å². The van der Waals surface area contributed by atoms with Gasteiger partial charge in [0, 0.05) is 32.4 Å². The van der Waals surface area contributed by atoms with Crippen LogP contribution in [-0.2, 0) is 11.3 Å². The molecule has 0 spiro atoms. The first-order chi connectivity index (χ1) is 9.76. The van der Waals surface area contributed by atoms with E-state index in [1.807, 2.05) is 17.0 Å². The fourth-order valence-electron chi connectivity index (χ4n) is 2.54. The van der Waals surface area contributed by atoms with Crippen LogP contribution in [0.15, 0.2) is 22.7 Å². The molecule has 1 aliphatic rings. The maximum absolute atomic E-state index is 10.8. The highest BCUT2D eigenvalue weighted by molar-refractivity contribution is 6.34. The Morgan fingerprint density at radius 1 is 1.35 bits per heavy atom. The zero-order valence-corrected chi connectivity index (χ0v) is 11.8. The monoisotopic (exact) mass is 293 g/mol. The van der Waals surface area contributed by atoms with Crippen molar-refractivity contribution in [2.45, 2.75) is 13.0 Å². The fourth-order valence-corrected chi connectivity index (χ4v) is 2.74. The Bertz CT molecular complexity index is 613. The van der Waals surface area contributed by atoms with Crippen molar-refractivity contribution >= 4 is 29.0 Å². The summed E-state index contributed by atoms with van der Waals surface area (Å²) in [5.41, 5.74) is 0.768. The Hall–Kier alpha value is -1.59. The summed E-state index contributed by atoms with van der Waals surface area (Å²) < 4.78 is 5.80. The van der Waals surface area contributed by atoms with E-state index in [1.165, 1.54) is 0 Å². The minimum Gasteiger partial charge on any atom is -0.460 e. The third kappa shape index (κ3) is 2.78. The van der Waals surface area contributed by atoms with E-state index in [2.05, 4.69) is 9.88 Å². The summed E-state index contributed by atoms with van der Waals surface area (Å²) in [6.07, 6.45) is 3.56. The van der Waals surface area contributed by atoms with Crippen LogP contribution in [0.3, 0.4) is 0 Å². The minimum absolute atomic E-state index is 0.473. The lowest BCUT2D eigenvalue weighted by Gasteiger charge is -2.18. The summed E-state index contributed by atoms with van der Waals surface area (Å²) in [5, 5.41) is 1.33. The molecule has 2 aromatic rings. The van der Waals surface area contributed by atoms with Crippen molar-refractivity contribution in [3.8, 4) is 0 Å². The summed E-state index contributed by atoms with van der Waals surface area (Å²) in [7, 11) is 0. The average molecular weight is 294 g/mol. The van der Waals surface area contributed by atoms with Crippen LogP contribution in [0.4, 0.5) is 0 Å². The molecule has 1 aliphatic heterocycles. The number of carbonyl (C=O) groups excluding carboxylic acids is 1. The molecule has 1 fully saturated rings. The molecule has 1 saturated heterocycles. The molecular weight excluding hydrogens is 278 g/mol. The van der Waals surface area contributed by atoms with Gasteiger partial charge in [0.15, 0.2) is 0 Å². The average Bonchev–Trinajstić information content (AvgIpc) is 2.72. The van der Waals surface area contributed by atoms with Gasteiger partial charge in [0.25, 0.3) is 0 Å². The molecule has 0 aliphatic carbocycles. The van der Waals surface area contributed by atoms with Gasteiger partial charge < -0.3 is 9.32 Å². The maximum Gasteiger partial charge on any atom is 0.209 e. The first kappa shape index (κ1) is 13.4. The lowest BCUT2D eigenvalue weighted by Crippen LogP contribution is -2.29. The number of fused-ring (bicyclic) bond motifs is 1. The van der Waals surface area contributed by atoms with Gasteiger partial charge in [-0.05, 0) is 18.6 Å². The van der Waals surface area contributed by atoms with Crippen LogP contribution in [0.5, 0.6) is 0 Å². The molecule has 106 valence electrons. The van der Waals surface area contributed by atoms with E-state index in [4.69, 9.17) is 16.0 Å². The van der Waals surface area contributed by atoms with Crippen LogP contribution in [-0.4, -0.2) is 47.4 Å². The number of rotatable bonds is 3. The Morgan fingerprint density at radius 2 is 2.25 bits per heavy atom. The predicted octanol–water partition coefficient (Wildman–Crippen LogP) is 2.15. The van der Waals surface area contributed by atoms with E-state index < -0.39 is 0 Å². The number of pyridine rings is 1. The summed E-state index contributed by atoms with van der Waals surface area (Å²) in [4.78, 5) is 19.0. The lowest BCUT2D eigenvalue weighted by molar-refractivity contribution is -0.118. The van der Waals surface area contributed by atoms with E-state index in [0.717, 1.165) is 62.3 Å². The van der Waals surface area contributed by atoms with Gasteiger partial charge in [-0.25, -0.2) is 4.98 Å². The number of furan rings is 1. The Kier molecular flexibility index (Phi) is 3.89. The van der Waals surface area contributed by atoms with Crippen molar-refractivity contribution < 1.29 is 9.21 Å². The van der Waals surface area contributed by atoms with E-state index in [0.29, 0.717) is 5.15 Å². The number of amides is 1. The van der Waals surface area contributed by atoms with Crippen LogP contribution < -0.4 is 0 Å². The number of hydrogen-bond donors (Lipinski definition) is 0. The predicted molar refractivity (Wildman–Crippen MR) is 76.6 cm³/mol. The Balaban J connectivity index is 1.72. The molecule has 0 saturated carbocycles. The molecular formula is C14H16ClN3O2. The summed E-state index contributed by atoms with van der Waals surface area (Å²) in [5.74, 6) is 0.884. The molecule has 0 N–H and O–H groups in total. The first-order valence-corrected chi connectivity index (χ1v) is 7.08. The zero-order valence-electron chi connectivity index (χ0n) is 11.1. The highest BCUT2D eigenvalue weighted by Crippen LogP contribution is 2.25. The summed E-state index contributed by atoms with van der Waals surface area (Å²) in [6.45, 7) is 4.16. The van der Waals surface area contributed by atoms with E-state index >= 15 is 0 Å². The van der Waals surface area contributed by atoms with Crippen LogP contribution >= 0.6 is 11.6 Å². The second kappa shape index (κ2) is 5.81. The molecule has 6 heteroatoms. The molecule has 0 atom stereocenters. The van der Waals surface area contributed by atoms with E-state index in [9.17, 15) is 4.79 Å². The fraction of sp³-hybridized carbons (Fsp3) is 0.429. The molecule has 0 radical (unpaired) electrons. The van der Waals surface area contributed by atoms with Crippen molar-refractivity contribution in [1.29, 1.82) is 0 Å². The summed E-state index contributed by atoms with van der Waals surface area (Å²) >= 11 is 6.05. The SMILES string of the molecule is O=CN1CCCN(Cc2cc3c(Cl)nccc3o2)CC1. The lowest BCUT2D eigenvalue weighted by atomic mass is 10.3. The number of nitrogens with zero attached hydrogens (tertiary/aromatic N) is 3. The quantitative estimate of drug-likeness (QED) is 0.643. The number of halogens is 1. The van der Waals surface area contributed by atoms with E-state index in [1.54, 1.807) is 6.20 Å². The van der Waals surface area contributed by atoms with Crippen LogP contribution in [0.1, 0.15) is 12.2 Å². The third-order valence-electron chi connectivity index (χ3n) is 3.60. The Morgan fingerprint density at radius 3 is 3.05 bits per heavy atom. The van der Waals surface area contributed by atoms with Crippen molar-refractivity contribution in [3.63, 3.8) is 0 Å². The summed E-state index contributed by atoms with van der Waals surface area (Å²) in [6, 6.07) is 3.77. The van der Waals surface area contributed by atoms with Crippen LogP contribution in [0.25, 0.3) is 11.0 Å². The first-order valence-electron chi connectivity index (χ1n) is 6.71. The van der Waals surface area contributed by atoms with Gasteiger partial charge in [-0.1, -0.05) is 11.6 Å². The number of carbonyl (C=O) groups is 1. The van der Waals surface area contributed by atoms with Gasteiger partial charge in [0.05, 0.1) is 11.9 Å². The molecule has 0 aromatic carbocycles. The van der Waals surface area contributed by atoms with E-state index in [-0.39, 0.29) is 0 Å². The van der Waals surface area contributed by atoms with Crippen LogP contribution in [0, 0.1) is 0 Å². The molecule has 0 bridgehead atoms. The van der Waals surface area contributed by atoms with Crippen LogP contribution in [0.2, 0.25) is 5.15 Å². The normalized spacial score (nSPS) is 17.4.